The van der Waals surface area contributed by atoms with Crippen molar-refractivity contribution in [3.63, 3.8) is 0 Å². The fourth-order valence-electron chi connectivity index (χ4n) is 14.1. The van der Waals surface area contributed by atoms with Gasteiger partial charge in [-0.1, -0.05) is 287 Å². The SMILES string of the molecule is Brc1ccc(N(c2ccc(-c3ccccc3)cc2)c2ccc(-c3ccc(N(c4ccc(Br)cc4)c4ccc(-c5ccccc5)cc4)cc3)cc2)cc1.C1CCOC1.O=C1CCC(=O)N1Br.c1ccc(-c2ccc(N(c3ccccc3)c3ccc(-c4ccc(N(c5ccccc5)c5ccc(-c6ccccc6)cc5)cc4)cc3)cc2)cc1. The summed E-state index contributed by atoms with van der Waals surface area (Å²) in [5, 5.41) is 0. The van der Waals surface area contributed by atoms with Crippen LogP contribution in [0.25, 0.3) is 66.8 Å². The van der Waals surface area contributed by atoms with Crippen molar-refractivity contribution in [1.82, 2.24) is 3.93 Å². The number of hydrogen-bond donors (Lipinski definition) is 0. The molecule has 16 aromatic carbocycles. The first-order chi connectivity index (χ1) is 56.6. The minimum absolute atomic E-state index is 0.144. The quantitative estimate of drug-likeness (QED) is 0.0627. The van der Waals surface area contributed by atoms with Crippen LogP contribution in [-0.4, -0.2) is 29.0 Å². The number of imide groups is 1. The summed E-state index contributed by atoms with van der Waals surface area (Å²) < 4.78 is 8.03. The lowest BCUT2D eigenvalue weighted by Gasteiger charge is -2.26. The van der Waals surface area contributed by atoms with Gasteiger partial charge in [0.2, 0.25) is 11.8 Å². The molecular weight excluding hydrogens is 1610 g/mol. The van der Waals surface area contributed by atoms with Gasteiger partial charge >= 0.3 is 0 Å². The summed E-state index contributed by atoms with van der Waals surface area (Å²) in [6, 6.07) is 151. The van der Waals surface area contributed by atoms with Crippen LogP contribution in [0.15, 0.2) is 434 Å². The average molecular weight is 1690 g/mol. The molecule has 2 aliphatic heterocycles. The molecule has 0 bridgehead atoms. The van der Waals surface area contributed by atoms with Crippen molar-refractivity contribution in [2.75, 3.05) is 32.8 Å². The van der Waals surface area contributed by atoms with E-state index in [2.05, 4.69) is 492 Å². The Bertz CT molecular complexity index is 5380. The van der Waals surface area contributed by atoms with Crippen molar-refractivity contribution in [2.45, 2.75) is 25.7 Å². The molecule has 0 unspecified atom stereocenters. The number of carbonyl (C=O) groups is 2. The van der Waals surface area contributed by atoms with Crippen molar-refractivity contribution >= 4 is 128 Å². The second kappa shape index (κ2) is 38.2. The predicted octanol–water partition coefficient (Wildman–Crippen LogP) is 30.0. The number of carbonyl (C=O) groups excluding carboxylic acids is 2. The molecule has 2 amide bonds. The highest BCUT2D eigenvalue weighted by Crippen LogP contribution is 2.43. The Labute approximate surface area is 699 Å². The van der Waals surface area contributed by atoms with Crippen LogP contribution in [-0.2, 0) is 14.3 Å². The Morgan fingerprint density at radius 1 is 0.200 bits per heavy atom. The van der Waals surface area contributed by atoms with E-state index in [0.717, 1.165) is 105 Å². The van der Waals surface area contributed by atoms with Crippen molar-refractivity contribution in [3.8, 4) is 66.8 Å². The maximum atomic E-state index is 10.4. The summed E-state index contributed by atoms with van der Waals surface area (Å²) in [6.45, 7) is 2.00. The van der Waals surface area contributed by atoms with Crippen LogP contribution in [0.3, 0.4) is 0 Å². The number of nitrogens with zero attached hydrogens (tertiary/aromatic N) is 5. The highest BCUT2D eigenvalue weighted by atomic mass is 79.9. The van der Waals surface area contributed by atoms with E-state index in [9.17, 15) is 9.59 Å². The van der Waals surface area contributed by atoms with E-state index in [0.29, 0.717) is 12.8 Å². The molecule has 18 rings (SSSR count). The second-order valence-electron chi connectivity index (χ2n) is 27.7. The number of ether oxygens (including phenoxy) is 1. The van der Waals surface area contributed by atoms with Gasteiger partial charge in [0, 0.05) is 103 Å². The van der Waals surface area contributed by atoms with Crippen molar-refractivity contribution in [2.24, 2.45) is 0 Å². The Morgan fingerprint density at radius 2 is 0.348 bits per heavy atom. The lowest BCUT2D eigenvalue weighted by molar-refractivity contribution is -0.131. The third-order valence-electron chi connectivity index (χ3n) is 20.1. The number of hydrogen-bond acceptors (Lipinski definition) is 7. The molecule has 562 valence electrons. The lowest BCUT2D eigenvalue weighted by Crippen LogP contribution is -2.16. The maximum Gasteiger partial charge on any atom is 0.239 e. The van der Waals surface area contributed by atoms with Crippen LogP contribution >= 0.6 is 48.0 Å². The topological polar surface area (TPSA) is 59.6 Å². The predicted molar refractivity (Wildman–Crippen MR) is 490 cm³/mol. The zero-order chi connectivity index (χ0) is 78.5. The van der Waals surface area contributed by atoms with Crippen molar-refractivity contribution < 1.29 is 14.3 Å². The summed E-state index contributed by atoms with van der Waals surface area (Å²) in [5.41, 5.74) is 27.6. The summed E-state index contributed by atoms with van der Waals surface area (Å²) in [4.78, 5) is 30.1. The zero-order valence-electron chi connectivity index (χ0n) is 63.3. The first-order valence-corrected chi connectivity index (χ1v) is 40.8. The molecule has 2 saturated heterocycles. The van der Waals surface area contributed by atoms with Crippen molar-refractivity contribution in [3.05, 3.63) is 434 Å². The van der Waals surface area contributed by atoms with E-state index in [1.165, 1.54) is 68.5 Å². The second-order valence-corrected chi connectivity index (χ2v) is 30.2. The van der Waals surface area contributed by atoms with Crippen LogP contribution in [0.2, 0.25) is 0 Å². The Balaban J connectivity index is 0.000000156. The summed E-state index contributed by atoms with van der Waals surface area (Å²) >= 11 is 10.0. The van der Waals surface area contributed by atoms with Gasteiger partial charge < -0.3 is 24.3 Å². The van der Waals surface area contributed by atoms with Crippen LogP contribution in [0.4, 0.5) is 68.2 Å². The van der Waals surface area contributed by atoms with Gasteiger partial charge in [-0.2, -0.15) is 0 Å². The van der Waals surface area contributed by atoms with Crippen LogP contribution in [0.1, 0.15) is 25.7 Å². The first-order valence-electron chi connectivity index (χ1n) is 38.5. The molecule has 0 aromatic heterocycles. The highest BCUT2D eigenvalue weighted by Gasteiger charge is 2.26. The standard InChI is InChI=1S/C48H34Br2N2.C48H36N2.C4H4BrNO2.C4H8O/c49-41-19-31-47(32-20-41)51(43-23-11-37(12-24-43)35-7-3-1-4-8-35)45-27-15-39(16-28-45)40-17-29-46(30-18-40)52(48-33-21-42(50)22-34-48)44-25-13-38(14-26-44)36-9-5-2-6-10-36;1-5-13-37(14-6-1)39-21-29-45(30-22-39)49(43-17-9-3-10-18-43)47-33-25-41(26-34-47)42-27-35-48(36-28-42)50(44-19-11-4-12-20-44)46-31-23-40(24-32-46)38-15-7-2-8-16-38;5-6-3(7)1-2-4(6)8;1-2-4-5-3-1/h1-34H;1-36H;1-2H2;1-4H2. The summed E-state index contributed by atoms with van der Waals surface area (Å²) in [7, 11) is 0. The minimum Gasteiger partial charge on any atom is -0.381 e. The first kappa shape index (κ1) is 77.6. The van der Waals surface area contributed by atoms with E-state index in [1.54, 1.807) is 0 Å². The molecule has 0 radical (unpaired) electrons. The lowest BCUT2D eigenvalue weighted by atomic mass is 10.0. The van der Waals surface area contributed by atoms with Gasteiger partial charge in [0.15, 0.2) is 0 Å². The molecule has 0 N–H and O–H groups in total. The molecule has 2 aliphatic rings. The zero-order valence-corrected chi connectivity index (χ0v) is 68.0. The van der Waals surface area contributed by atoms with Gasteiger partial charge in [-0.05, 0) is 249 Å². The van der Waals surface area contributed by atoms with Gasteiger partial charge in [-0.15, -0.1) is 0 Å². The summed E-state index contributed by atoms with van der Waals surface area (Å²) in [6.07, 6.45) is 3.26. The fraction of sp³-hybridized carbons (Fsp3) is 0.0577. The highest BCUT2D eigenvalue weighted by molar-refractivity contribution is 9.10. The third-order valence-corrected chi connectivity index (χ3v) is 22.0. The van der Waals surface area contributed by atoms with Crippen LogP contribution < -0.4 is 19.6 Å². The van der Waals surface area contributed by atoms with Gasteiger partial charge in [0.05, 0.1) is 16.1 Å². The molecule has 11 heteroatoms. The van der Waals surface area contributed by atoms with Crippen molar-refractivity contribution in [1.29, 1.82) is 0 Å². The number of benzene rings is 16. The molecule has 0 spiro atoms. The molecule has 0 atom stereocenters. The van der Waals surface area contributed by atoms with E-state index >= 15 is 0 Å². The number of halogens is 3. The molecular formula is C104H82Br3N5O3. The molecule has 2 heterocycles. The largest absolute Gasteiger partial charge is 0.381 e. The van der Waals surface area contributed by atoms with Crippen LogP contribution in [0.5, 0.6) is 0 Å². The normalized spacial score (nSPS) is 12.1. The number of rotatable bonds is 18. The maximum absolute atomic E-state index is 10.4. The number of anilines is 12. The molecule has 115 heavy (non-hydrogen) atoms. The monoisotopic (exact) mass is 1690 g/mol. The Hall–Kier alpha value is -12.7. The third kappa shape index (κ3) is 19.7. The molecule has 16 aromatic rings. The van der Waals surface area contributed by atoms with E-state index in [4.69, 9.17) is 4.74 Å². The molecule has 0 saturated carbocycles. The van der Waals surface area contributed by atoms with Gasteiger partial charge in [-0.25, -0.2) is 3.93 Å². The van der Waals surface area contributed by atoms with E-state index in [-0.39, 0.29) is 11.8 Å². The van der Waals surface area contributed by atoms with Gasteiger partial charge in [-0.3, -0.25) is 9.59 Å². The Kier molecular flexibility index (Phi) is 25.8. The average Bonchev–Trinajstić information content (AvgIpc) is 1.38. The summed E-state index contributed by atoms with van der Waals surface area (Å²) in [5.74, 6) is -0.287. The number of para-hydroxylation sites is 2. The Morgan fingerprint density at radius 3 is 0.496 bits per heavy atom. The number of amides is 2. The molecule has 8 nitrogen and oxygen atoms in total. The van der Waals surface area contributed by atoms with E-state index in [1.807, 2.05) is 0 Å². The van der Waals surface area contributed by atoms with E-state index < -0.39 is 0 Å². The smallest absolute Gasteiger partial charge is 0.239 e. The van der Waals surface area contributed by atoms with Gasteiger partial charge in [0.1, 0.15) is 0 Å². The van der Waals surface area contributed by atoms with Gasteiger partial charge in [0.25, 0.3) is 0 Å². The minimum atomic E-state index is -0.144. The fourth-order valence-corrected chi connectivity index (χ4v) is 15.0. The molecule has 2 fully saturated rings. The van der Waals surface area contributed by atoms with Crippen LogP contribution in [0, 0.1) is 0 Å². The molecule has 0 aliphatic carbocycles.